The van der Waals surface area contributed by atoms with Crippen molar-refractivity contribution in [3.8, 4) is 0 Å². The number of rotatable bonds is 3. The van der Waals surface area contributed by atoms with Gasteiger partial charge in [0.05, 0.1) is 0 Å². The average Bonchev–Trinajstić information content (AvgIpc) is 2.17. The number of aliphatic carboxylic acids is 2. The minimum atomic E-state index is -1.82. The summed E-state index contributed by atoms with van der Waals surface area (Å²) in [5, 5.41) is 23.1. The Kier molecular flexibility index (Phi) is 7.86. The summed E-state index contributed by atoms with van der Waals surface area (Å²) in [5.74, 6) is -4.72. The van der Waals surface area contributed by atoms with Crippen molar-refractivity contribution in [2.75, 3.05) is 14.2 Å². The Morgan fingerprint density at radius 1 is 1.14 bits per heavy atom. The SMILES string of the molecule is COC(C)(NO)OC.O=C(O)C(=O)O. The number of methoxy groups -OCH3 is 2. The lowest BCUT2D eigenvalue weighted by molar-refractivity contribution is -0.261. The molecule has 4 N–H and O–H groups in total. The van der Waals surface area contributed by atoms with Gasteiger partial charge in [-0.3, -0.25) is 0 Å². The Morgan fingerprint density at radius 3 is 1.43 bits per heavy atom. The van der Waals surface area contributed by atoms with Crippen LogP contribution in [-0.4, -0.2) is 47.5 Å². The van der Waals surface area contributed by atoms with Gasteiger partial charge in [0.1, 0.15) is 0 Å². The van der Waals surface area contributed by atoms with Crippen LogP contribution in [0.1, 0.15) is 6.92 Å². The van der Waals surface area contributed by atoms with Crippen LogP contribution >= 0.6 is 0 Å². The lowest BCUT2D eigenvalue weighted by Crippen LogP contribution is -2.43. The molecule has 0 saturated carbocycles. The second-order valence-corrected chi connectivity index (χ2v) is 2.08. The normalized spacial score (nSPS) is 10.0. The quantitative estimate of drug-likeness (QED) is 0.268. The van der Waals surface area contributed by atoms with Crippen LogP contribution < -0.4 is 5.48 Å². The van der Waals surface area contributed by atoms with E-state index in [-0.39, 0.29) is 0 Å². The minimum Gasteiger partial charge on any atom is -0.473 e. The van der Waals surface area contributed by atoms with Crippen molar-refractivity contribution in [2.45, 2.75) is 12.8 Å². The maximum Gasteiger partial charge on any atom is 0.414 e. The van der Waals surface area contributed by atoms with E-state index in [0.717, 1.165) is 0 Å². The lowest BCUT2D eigenvalue weighted by Gasteiger charge is -2.23. The average molecular weight is 211 g/mol. The van der Waals surface area contributed by atoms with E-state index in [1.165, 1.54) is 14.2 Å². The predicted octanol–water partition coefficient (Wildman–Crippen LogP) is -0.913. The van der Waals surface area contributed by atoms with E-state index in [9.17, 15) is 0 Å². The van der Waals surface area contributed by atoms with Crippen molar-refractivity contribution >= 4 is 11.9 Å². The van der Waals surface area contributed by atoms with E-state index in [1.54, 1.807) is 6.92 Å². The molecule has 0 aromatic rings. The first kappa shape index (κ1) is 15.3. The Morgan fingerprint density at radius 2 is 1.43 bits per heavy atom. The summed E-state index contributed by atoms with van der Waals surface area (Å²) in [6, 6.07) is 0. The van der Waals surface area contributed by atoms with E-state index in [2.05, 4.69) is 9.47 Å². The zero-order valence-electron chi connectivity index (χ0n) is 7.97. The first-order valence-corrected chi connectivity index (χ1v) is 3.30. The summed E-state index contributed by atoms with van der Waals surface area (Å²) in [6.45, 7) is 1.55. The third-order valence-electron chi connectivity index (χ3n) is 1.17. The number of nitrogens with one attached hydrogen (secondary N) is 1. The van der Waals surface area contributed by atoms with Gasteiger partial charge >= 0.3 is 11.9 Å². The molecule has 0 saturated heterocycles. The molecule has 0 atom stereocenters. The highest BCUT2D eigenvalue weighted by Crippen LogP contribution is 2.01. The van der Waals surface area contributed by atoms with Crippen LogP contribution in [0.5, 0.6) is 0 Å². The molecule has 0 bridgehead atoms. The van der Waals surface area contributed by atoms with Crippen molar-refractivity contribution in [2.24, 2.45) is 0 Å². The molecule has 0 spiro atoms. The van der Waals surface area contributed by atoms with Crippen molar-refractivity contribution in [1.29, 1.82) is 0 Å². The van der Waals surface area contributed by atoms with Gasteiger partial charge in [-0.2, -0.15) is 0 Å². The van der Waals surface area contributed by atoms with Crippen LogP contribution in [0.25, 0.3) is 0 Å². The Bertz CT molecular complexity index is 168. The van der Waals surface area contributed by atoms with E-state index in [0.29, 0.717) is 0 Å². The van der Waals surface area contributed by atoms with Gasteiger partial charge in [0, 0.05) is 21.1 Å². The summed E-state index contributed by atoms with van der Waals surface area (Å²) in [5.41, 5.74) is 1.83. The molecule has 0 aliphatic heterocycles. The number of carboxylic acids is 2. The van der Waals surface area contributed by atoms with Crippen LogP contribution in [0.4, 0.5) is 0 Å². The molecule has 0 heterocycles. The van der Waals surface area contributed by atoms with Gasteiger partial charge in [-0.1, -0.05) is 0 Å². The van der Waals surface area contributed by atoms with Crippen LogP contribution in [0.3, 0.4) is 0 Å². The van der Waals surface area contributed by atoms with Crippen molar-refractivity contribution in [3.63, 3.8) is 0 Å². The largest absolute Gasteiger partial charge is 0.473 e. The fourth-order valence-electron chi connectivity index (χ4n) is 0.175. The van der Waals surface area contributed by atoms with E-state index >= 15 is 0 Å². The first-order valence-electron chi connectivity index (χ1n) is 3.30. The van der Waals surface area contributed by atoms with Crippen molar-refractivity contribution in [3.05, 3.63) is 0 Å². The van der Waals surface area contributed by atoms with Crippen LogP contribution in [0.15, 0.2) is 0 Å². The second-order valence-electron chi connectivity index (χ2n) is 2.08. The third-order valence-corrected chi connectivity index (χ3v) is 1.17. The number of hydrogen-bond donors (Lipinski definition) is 4. The van der Waals surface area contributed by atoms with E-state index in [1.807, 2.05) is 5.48 Å². The lowest BCUT2D eigenvalue weighted by atomic mass is 10.6. The van der Waals surface area contributed by atoms with Gasteiger partial charge in [-0.15, -0.1) is 5.48 Å². The molecular formula is C6H13NO7. The Labute approximate surface area is 80.0 Å². The number of carbonyl (C=O) groups is 2. The fraction of sp³-hybridized carbons (Fsp3) is 0.667. The van der Waals surface area contributed by atoms with Gasteiger partial charge in [0.2, 0.25) is 5.91 Å². The first-order chi connectivity index (χ1) is 6.32. The smallest absolute Gasteiger partial charge is 0.414 e. The highest BCUT2D eigenvalue weighted by molar-refractivity contribution is 6.27. The molecule has 0 unspecified atom stereocenters. The molecule has 0 amide bonds. The monoisotopic (exact) mass is 211 g/mol. The highest BCUT2D eigenvalue weighted by atomic mass is 16.7. The molecule has 8 nitrogen and oxygen atoms in total. The molecule has 8 heteroatoms. The van der Waals surface area contributed by atoms with Gasteiger partial charge in [-0.05, 0) is 0 Å². The number of ether oxygens (including phenoxy) is 2. The number of hydrogen-bond acceptors (Lipinski definition) is 6. The van der Waals surface area contributed by atoms with E-state index < -0.39 is 17.8 Å². The van der Waals surface area contributed by atoms with Gasteiger partial charge in [0.15, 0.2) is 0 Å². The maximum absolute atomic E-state index is 9.10. The van der Waals surface area contributed by atoms with Crippen LogP contribution in [-0.2, 0) is 19.1 Å². The van der Waals surface area contributed by atoms with Crippen molar-refractivity contribution < 1.29 is 34.5 Å². The number of hydroxylamine groups is 1. The Balaban J connectivity index is 0. The minimum absolute atomic E-state index is 1.07. The maximum atomic E-state index is 9.10. The molecular weight excluding hydrogens is 198 g/mol. The van der Waals surface area contributed by atoms with E-state index in [4.69, 9.17) is 25.0 Å². The predicted molar refractivity (Wildman–Crippen MR) is 42.6 cm³/mol. The topological polar surface area (TPSA) is 125 Å². The summed E-state index contributed by atoms with van der Waals surface area (Å²) in [6.07, 6.45) is 0. The number of carboxylic acid groups (broad SMARTS) is 2. The van der Waals surface area contributed by atoms with Gasteiger partial charge in [0.25, 0.3) is 0 Å². The molecule has 0 aliphatic carbocycles. The molecule has 14 heavy (non-hydrogen) atoms. The highest BCUT2D eigenvalue weighted by Gasteiger charge is 2.19. The van der Waals surface area contributed by atoms with Crippen molar-refractivity contribution in [1.82, 2.24) is 5.48 Å². The third kappa shape index (κ3) is 7.43. The zero-order valence-corrected chi connectivity index (χ0v) is 7.97. The molecule has 0 aromatic heterocycles. The standard InChI is InChI=1S/C4H11NO3.C2H2O4/c1-4(5-6,7-2)8-3;3-1(4)2(5)6/h5-6H,1-3H3;(H,3,4)(H,5,6). The Hall–Kier alpha value is -1.22. The van der Waals surface area contributed by atoms with Gasteiger partial charge < -0.3 is 24.9 Å². The van der Waals surface area contributed by atoms with Crippen LogP contribution in [0, 0.1) is 0 Å². The van der Waals surface area contributed by atoms with Gasteiger partial charge in [-0.25, -0.2) is 9.59 Å². The zero-order chi connectivity index (χ0) is 11.8. The molecule has 0 fully saturated rings. The molecule has 84 valence electrons. The summed E-state index contributed by atoms with van der Waals surface area (Å²) < 4.78 is 9.31. The molecule has 0 radical (unpaired) electrons. The fourth-order valence-corrected chi connectivity index (χ4v) is 0.175. The molecule has 0 aliphatic rings. The second kappa shape index (κ2) is 7.21. The molecule has 0 rings (SSSR count). The van der Waals surface area contributed by atoms with Crippen LogP contribution in [0.2, 0.25) is 0 Å². The summed E-state index contributed by atoms with van der Waals surface area (Å²) >= 11 is 0. The summed E-state index contributed by atoms with van der Waals surface area (Å²) in [4.78, 5) is 18.2. The molecule has 0 aromatic carbocycles. The summed E-state index contributed by atoms with van der Waals surface area (Å²) in [7, 11) is 2.85.